The zero-order chi connectivity index (χ0) is 27.3. The average molecular weight is 510 g/mol. The molecule has 3 heteroatoms. The molecule has 38 heavy (non-hydrogen) atoms. The van der Waals surface area contributed by atoms with Gasteiger partial charge in [-0.3, -0.25) is 0 Å². The lowest BCUT2D eigenvalue weighted by atomic mass is 9.88. The predicted octanol–water partition coefficient (Wildman–Crippen LogP) is 8.56. The summed E-state index contributed by atoms with van der Waals surface area (Å²) in [6.45, 7) is 11.8. The van der Waals surface area contributed by atoms with Crippen molar-refractivity contribution in [1.29, 1.82) is 0 Å². The molecule has 3 nitrogen and oxygen atoms in total. The van der Waals surface area contributed by atoms with E-state index in [4.69, 9.17) is 4.74 Å². The van der Waals surface area contributed by atoms with E-state index >= 15 is 0 Å². The first kappa shape index (κ1) is 29.1. The van der Waals surface area contributed by atoms with E-state index in [2.05, 4.69) is 85.0 Å². The Hall–Kier alpha value is -3.48. The number of aryl methyl sites for hydroxylation is 1. The van der Waals surface area contributed by atoms with Crippen LogP contribution >= 0.6 is 0 Å². The second kappa shape index (κ2) is 15.1. The maximum atomic E-state index is 9.91. The molecule has 0 saturated carbocycles. The zero-order valence-electron chi connectivity index (χ0n) is 23.2. The molecule has 2 aliphatic rings. The fraction of sp³-hybridized carbons (Fsp3) is 0.371. The highest BCUT2D eigenvalue weighted by Crippen LogP contribution is 2.33. The summed E-state index contributed by atoms with van der Waals surface area (Å²) in [6, 6.07) is 21.9. The molecular weight excluding hydrogens is 466 g/mol. The fourth-order valence-corrected chi connectivity index (χ4v) is 5.46. The molecule has 1 aliphatic carbocycles. The zero-order valence-corrected chi connectivity index (χ0v) is 23.2. The number of fused-ring (bicyclic) bond motifs is 2. The summed E-state index contributed by atoms with van der Waals surface area (Å²) in [7, 11) is 0. The van der Waals surface area contributed by atoms with E-state index < -0.39 is 0 Å². The summed E-state index contributed by atoms with van der Waals surface area (Å²) in [5.41, 5.74) is 4.82. The van der Waals surface area contributed by atoms with Crippen LogP contribution in [0.25, 0.3) is 16.8 Å². The van der Waals surface area contributed by atoms with Gasteiger partial charge in [-0.05, 0) is 97.1 Å². The molecule has 0 aromatic heterocycles. The summed E-state index contributed by atoms with van der Waals surface area (Å²) in [5.74, 6) is 1.77. The molecule has 1 fully saturated rings. The highest BCUT2D eigenvalue weighted by atomic mass is 16.5. The van der Waals surface area contributed by atoms with Crippen molar-refractivity contribution in [2.75, 3.05) is 26.2 Å². The second-order valence-electron chi connectivity index (χ2n) is 9.72. The quantitative estimate of drug-likeness (QED) is 0.197. The van der Waals surface area contributed by atoms with Gasteiger partial charge in [0.05, 0.1) is 6.61 Å². The standard InChI is InChI=1S/C31H35NO2.C2H6.C2H2/c1-23(33)27-11-4-9-26-10-5-12-31(30(26)22-27)34-20-6-17-32-18-15-25(16-19-32)29-14-13-24-7-2-3-8-28(24)21-29;2*1-2/h2-3,5,7-8,10,12-14,21-22,25,33H,1,4,6,9,11,15-20H2;1-2H3;1-2H. The van der Waals surface area contributed by atoms with Crippen molar-refractivity contribution in [1.82, 2.24) is 4.90 Å². The molecule has 1 heterocycles. The van der Waals surface area contributed by atoms with Crippen LogP contribution in [-0.4, -0.2) is 36.2 Å². The van der Waals surface area contributed by atoms with Crippen molar-refractivity contribution >= 4 is 16.8 Å². The number of ether oxygens (including phenoxy) is 1. The van der Waals surface area contributed by atoms with Crippen LogP contribution in [0.3, 0.4) is 0 Å². The minimum absolute atomic E-state index is 0.176. The normalized spacial score (nSPS) is 15.5. The van der Waals surface area contributed by atoms with Crippen molar-refractivity contribution in [3.8, 4) is 18.6 Å². The van der Waals surface area contributed by atoms with Gasteiger partial charge >= 0.3 is 0 Å². The van der Waals surface area contributed by atoms with Crippen molar-refractivity contribution in [2.24, 2.45) is 0 Å². The van der Waals surface area contributed by atoms with Gasteiger partial charge in [-0.1, -0.05) is 75.0 Å². The van der Waals surface area contributed by atoms with Gasteiger partial charge < -0.3 is 14.7 Å². The van der Waals surface area contributed by atoms with Gasteiger partial charge in [0.2, 0.25) is 0 Å². The Morgan fingerprint density at radius 1 is 0.974 bits per heavy atom. The number of benzene rings is 3. The maximum Gasteiger partial charge on any atom is 0.126 e. The van der Waals surface area contributed by atoms with E-state index in [1.54, 1.807) is 0 Å². The Bertz CT molecular complexity index is 1230. The molecule has 0 radical (unpaired) electrons. The number of likely N-dealkylation sites (tertiary alicyclic amines) is 1. The number of rotatable bonds is 7. The Morgan fingerprint density at radius 2 is 1.71 bits per heavy atom. The van der Waals surface area contributed by atoms with E-state index in [0.29, 0.717) is 12.5 Å². The van der Waals surface area contributed by atoms with Gasteiger partial charge in [0.25, 0.3) is 0 Å². The van der Waals surface area contributed by atoms with Gasteiger partial charge in [-0.2, -0.15) is 0 Å². The molecule has 0 unspecified atom stereocenters. The summed E-state index contributed by atoms with van der Waals surface area (Å²) in [6.07, 6.45) is 16.4. The van der Waals surface area contributed by atoms with E-state index in [0.717, 1.165) is 62.2 Å². The number of hydrogen-bond acceptors (Lipinski definition) is 3. The Morgan fingerprint density at radius 3 is 2.45 bits per heavy atom. The molecule has 200 valence electrons. The van der Waals surface area contributed by atoms with Gasteiger partial charge in [0.15, 0.2) is 0 Å². The van der Waals surface area contributed by atoms with E-state index in [1.165, 1.54) is 34.7 Å². The number of terminal acetylenes is 1. The topological polar surface area (TPSA) is 32.7 Å². The summed E-state index contributed by atoms with van der Waals surface area (Å²) in [5, 5.41) is 12.6. The number of allylic oxidation sites excluding steroid dienone is 1. The molecule has 0 bridgehead atoms. The van der Waals surface area contributed by atoms with Gasteiger partial charge in [0.1, 0.15) is 11.5 Å². The first-order valence-corrected chi connectivity index (χ1v) is 14.1. The SMILES string of the molecule is C#C.C=C(O)C1=Cc2c(cccc2OCCCN2CCC(c3ccc4ccccc4c3)CC2)CCC1.CC. The van der Waals surface area contributed by atoms with Crippen LogP contribution in [0.2, 0.25) is 0 Å². The Kier molecular flexibility index (Phi) is 11.5. The highest BCUT2D eigenvalue weighted by molar-refractivity contribution is 5.83. The van der Waals surface area contributed by atoms with Crippen molar-refractivity contribution in [2.45, 2.75) is 58.3 Å². The third kappa shape index (κ3) is 7.53. The van der Waals surface area contributed by atoms with E-state index in [-0.39, 0.29) is 5.76 Å². The van der Waals surface area contributed by atoms with Gasteiger partial charge in [0, 0.05) is 12.1 Å². The number of aliphatic hydroxyl groups excluding tert-OH is 1. The molecule has 1 aliphatic heterocycles. The number of piperidine rings is 1. The average Bonchev–Trinajstić information content (AvgIpc) is 3.21. The lowest BCUT2D eigenvalue weighted by Gasteiger charge is -2.32. The molecule has 1 saturated heterocycles. The third-order valence-corrected chi connectivity index (χ3v) is 7.45. The van der Waals surface area contributed by atoms with Crippen molar-refractivity contribution in [3.05, 3.63) is 95.3 Å². The van der Waals surface area contributed by atoms with Crippen LogP contribution in [0.1, 0.15) is 68.6 Å². The van der Waals surface area contributed by atoms with E-state index in [1.807, 2.05) is 19.9 Å². The minimum Gasteiger partial charge on any atom is -0.508 e. The van der Waals surface area contributed by atoms with Crippen molar-refractivity contribution < 1.29 is 9.84 Å². The maximum absolute atomic E-state index is 9.91. The summed E-state index contributed by atoms with van der Waals surface area (Å²) < 4.78 is 6.23. The van der Waals surface area contributed by atoms with Crippen LogP contribution in [0.15, 0.2) is 78.6 Å². The molecule has 5 rings (SSSR count). The van der Waals surface area contributed by atoms with Gasteiger partial charge in [-0.25, -0.2) is 0 Å². The Labute approximate surface area is 229 Å². The van der Waals surface area contributed by atoms with Crippen molar-refractivity contribution in [3.63, 3.8) is 0 Å². The van der Waals surface area contributed by atoms with Crippen LogP contribution in [-0.2, 0) is 6.42 Å². The molecule has 1 N–H and O–H groups in total. The lowest BCUT2D eigenvalue weighted by Crippen LogP contribution is -2.34. The first-order chi connectivity index (χ1) is 18.7. The monoisotopic (exact) mass is 509 g/mol. The van der Waals surface area contributed by atoms with E-state index in [9.17, 15) is 5.11 Å². The van der Waals surface area contributed by atoms with Gasteiger partial charge in [-0.15, -0.1) is 12.8 Å². The molecule has 3 aromatic carbocycles. The Balaban J connectivity index is 0.000000956. The summed E-state index contributed by atoms with van der Waals surface area (Å²) in [4.78, 5) is 2.58. The smallest absolute Gasteiger partial charge is 0.126 e. The number of aliphatic hydroxyl groups is 1. The van der Waals surface area contributed by atoms with Crippen LogP contribution < -0.4 is 4.74 Å². The fourth-order valence-electron chi connectivity index (χ4n) is 5.46. The summed E-state index contributed by atoms with van der Waals surface area (Å²) >= 11 is 0. The molecule has 3 aromatic rings. The second-order valence-corrected chi connectivity index (χ2v) is 9.72. The number of nitrogens with zero attached hydrogens (tertiary/aromatic N) is 1. The van der Waals surface area contributed by atoms with Crippen LogP contribution in [0.4, 0.5) is 0 Å². The van der Waals surface area contributed by atoms with Crippen LogP contribution in [0.5, 0.6) is 5.75 Å². The lowest BCUT2D eigenvalue weighted by molar-refractivity contribution is 0.193. The van der Waals surface area contributed by atoms with Crippen LogP contribution in [0, 0.1) is 12.8 Å². The molecular formula is C35H43NO2. The minimum atomic E-state index is 0.176. The largest absolute Gasteiger partial charge is 0.508 e. The molecule has 0 atom stereocenters. The molecule has 0 spiro atoms. The first-order valence-electron chi connectivity index (χ1n) is 14.1. The highest BCUT2D eigenvalue weighted by Gasteiger charge is 2.21. The molecule has 0 amide bonds. The number of hydrogen-bond donors (Lipinski definition) is 1. The predicted molar refractivity (Wildman–Crippen MR) is 163 cm³/mol. The third-order valence-electron chi connectivity index (χ3n) is 7.45.